The van der Waals surface area contributed by atoms with Crippen LogP contribution in [0.2, 0.25) is 0 Å². The van der Waals surface area contributed by atoms with Gasteiger partial charge >= 0.3 is 6.03 Å². The van der Waals surface area contributed by atoms with Crippen molar-refractivity contribution in [3.05, 3.63) is 15.6 Å². The number of aliphatic hydroxyl groups is 1. The predicted octanol–water partition coefficient (Wildman–Crippen LogP) is 1.47. The molecule has 0 atom stereocenters. The van der Waals surface area contributed by atoms with E-state index in [4.69, 9.17) is 0 Å². The van der Waals surface area contributed by atoms with Crippen LogP contribution < -0.4 is 10.6 Å². The lowest BCUT2D eigenvalue weighted by Crippen LogP contribution is -2.49. The molecule has 0 saturated heterocycles. The van der Waals surface area contributed by atoms with Crippen LogP contribution in [0.1, 0.15) is 34.8 Å². The number of carbonyl (C=O) groups is 1. The van der Waals surface area contributed by atoms with Gasteiger partial charge in [-0.15, -0.1) is 11.3 Å². The number of thiazole rings is 1. The van der Waals surface area contributed by atoms with Crippen molar-refractivity contribution in [3.63, 3.8) is 0 Å². The minimum Gasteiger partial charge on any atom is -0.388 e. The fourth-order valence-corrected chi connectivity index (χ4v) is 2.71. The van der Waals surface area contributed by atoms with E-state index in [1.807, 2.05) is 13.8 Å². The third-order valence-electron chi connectivity index (χ3n) is 3.34. The molecule has 0 spiro atoms. The van der Waals surface area contributed by atoms with Gasteiger partial charge in [-0.3, -0.25) is 0 Å². The van der Waals surface area contributed by atoms with Gasteiger partial charge in [0.2, 0.25) is 0 Å². The van der Waals surface area contributed by atoms with Crippen molar-refractivity contribution in [2.45, 2.75) is 45.3 Å². The molecule has 1 aromatic rings. The molecule has 5 nitrogen and oxygen atoms in total. The number of hydrogen-bond donors (Lipinski definition) is 3. The van der Waals surface area contributed by atoms with Crippen LogP contribution in [0, 0.1) is 13.8 Å². The van der Waals surface area contributed by atoms with Crippen molar-refractivity contribution in [2.75, 3.05) is 6.54 Å². The van der Waals surface area contributed by atoms with Gasteiger partial charge < -0.3 is 15.7 Å². The molecule has 2 rings (SSSR count). The van der Waals surface area contributed by atoms with Crippen molar-refractivity contribution in [3.8, 4) is 0 Å². The van der Waals surface area contributed by atoms with Gasteiger partial charge in [0.1, 0.15) is 5.01 Å². The van der Waals surface area contributed by atoms with Crippen molar-refractivity contribution in [1.82, 2.24) is 15.6 Å². The van der Waals surface area contributed by atoms with Crippen LogP contribution in [0.15, 0.2) is 0 Å². The first-order valence-electron chi connectivity index (χ1n) is 6.15. The summed E-state index contributed by atoms with van der Waals surface area (Å²) in [6.45, 7) is 4.74. The largest absolute Gasteiger partial charge is 0.388 e. The summed E-state index contributed by atoms with van der Waals surface area (Å²) in [4.78, 5) is 17.1. The first kappa shape index (κ1) is 13.3. The molecular formula is C12H19N3O2S. The third-order valence-corrected chi connectivity index (χ3v) is 4.41. The number of nitrogens with one attached hydrogen (secondary N) is 2. The SMILES string of the molecule is Cc1nc(CNC(=O)NCC2(O)CCC2)sc1C. The van der Waals surface area contributed by atoms with Gasteiger partial charge in [-0.05, 0) is 33.1 Å². The van der Waals surface area contributed by atoms with Crippen molar-refractivity contribution in [1.29, 1.82) is 0 Å². The van der Waals surface area contributed by atoms with E-state index in [1.165, 1.54) is 4.88 Å². The van der Waals surface area contributed by atoms with Gasteiger partial charge in [-0.1, -0.05) is 0 Å². The fourth-order valence-electron chi connectivity index (χ4n) is 1.84. The number of urea groups is 1. The molecule has 0 bridgehead atoms. The second-order valence-electron chi connectivity index (χ2n) is 4.86. The standard InChI is InChI=1S/C12H19N3O2S/c1-8-9(2)18-10(15-8)6-13-11(16)14-7-12(17)4-3-5-12/h17H,3-7H2,1-2H3,(H2,13,14,16). The summed E-state index contributed by atoms with van der Waals surface area (Å²) in [5.74, 6) is 0. The summed E-state index contributed by atoms with van der Waals surface area (Å²) < 4.78 is 0. The Bertz CT molecular complexity index is 421. The first-order chi connectivity index (χ1) is 8.48. The number of hydrogen-bond acceptors (Lipinski definition) is 4. The number of rotatable bonds is 4. The Hall–Kier alpha value is -1.14. The topological polar surface area (TPSA) is 74.2 Å². The lowest BCUT2D eigenvalue weighted by molar-refractivity contribution is -0.0290. The summed E-state index contributed by atoms with van der Waals surface area (Å²) in [5, 5.41) is 16.2. The molecule has 1 aliphatic carbocycles. The minimum absolute atomic E-state index is 0.249. The number of carbonyl (C=O) groups excluding carboxylic acids is 1. The Morgan fingerprint density at radius 2 is 2.17 bits per heavy atom. The molecule has 6 heteroatoms. The molecule has 18 heavy (non-hydrogen) atoms. The van der Waals surface area contributed by atoms with Gasteiger partial charge in [0.25, 0.3) is 0 Å². The van der Waals surface area contributed by atoms with E-state index >= 15 is 0 Å². The molecule has 0 unspecified atom stereocenters. The zero-order valence-corrected chi connectivity index (χ0v) is 11.6. The highest BCUT2D eigenvalue weighted by Crippen LogP contribution is 2.30. The molecule has 100 valence electrons. The molecule has 1 aromatic heterocycles. The predicted molar refractivity (Wildman–Crippen MR) is 70.6 cm³/mol. The molecule has 0 radical (unpaired) electrons. The van der Waals surface area contributed by atoms with Gasteiger partial charge in [-0.2, -0.15) is 0 Å². The maximum absolute atomic E-state index is 11.5. The second-order valence-corrected chi connectivity index (χ2v) is 6.15. The first-order valence-corrected chi connectivity index (χ1v) is 6.97. The summed E-state index contributed by atoms with van der Waals surface area (Å²) in [5.41, 5.74) is 0.340. The lowest BCUT2D eigenvalue weighted by Gasteiger charge is -2.36. The van der Waals surface area contributed by atoms with Crippen molar-refractivity contribution in [2.24, 2.45) is 0 Å². The molecular weight excluding hydrogens is 250 g/mol. The summed E-state index contributed by atoms with van der Waals surface area (Å²) in [7, 11) is 0. The van der Waals surface area contributed by atoms with E-state index < -0.39 is 5.60 Å². The van der Waals surface area contributed by atoms with Crippen molar-refractivity contribution < 1.29 is 9.90 Å². The average molecular weight is 269 g/mol. The summed E-state index contributed by atoms with van der Waals surface area (Å²) >= 11 is 1.59. The second kappa shape index (κ2) is 5.24. The smallest absolute Gasteiger partial charge is 0.315 e. The Kier molecular flexibility index (Phi) is 3.87. The van der Waals surface area contributed by atoms with Gasteiger partial charge in [0, 0.05) is 11.4 Å². The molecule has 0 aromatic carbocycles. The highest BCUT2D eigenvalue weighted by molar-refractivity contribution is 7.11. The highest BCUT2D eigenvalue weighted by Gasteiger charge is 2.34. The molecule has 1 fully saturated rings. The van der Waals surface area contributed by atoms with E-state index in [-0.39, 0.29) is 6.03 Å². The Balaban J connectivity index is 1.71. The van der Waals surface area contributed by atoms with Crippen LogP contribution >= 0.6 is 11.3 Å². The van der Waals surface area contributed by atoms with E-state index in [9.17, 15) is 9.90 Å². The van der Waals surface area contributed by atoms with Crippen LogP contribution in [-0.2, 0) is 6.54 Å². The maximum Gasteiger partial charge on any atom is 0.315 e. The van der Waals surface area contributed by atoms with E-state index in [1.54, 1.807) is 11.3 Å². The molecule has 1 heterocycles. The zero-order chi connectivity index (χ0) is 13.2. The zero-order valence-electron chi connectivity index (χ0n) is 10.7. The quantitative estimate of drug-likeness (QED) is 0.775. The average Bonchev–Trinajstić information content (AvgIpc) is 2.61. The van der Waals surface area contributed by atoms with E-state index in [0.717, 1.165) is 30.0 Å². The van der Waals surface area contributed by atoms with E-state index in [0.29, 0.717) is 13.1 Å². The number of amides is 2. The van der Waals surface area contributed by atoms with Crippen LogP contribution in [0.4, 0.5) is 4.79 Å². The minimum atomic E-state index is -0.675. The van der Waals surface area contributed by atoms with Gasteiger partial charge in [0.15, 0.2) is 0 Å². The Labute approximate surface area is 111 Å². The molecule has 0 aliphatic heterocycles. The summed E-state index contributed by atoms with van der Waals surface area (Å²) in [6, 6.07) is -0.249. The molecule has 1 aliphatic rings. The Morgan fingerprint density at radius 3 is 2.67 bits per heavy atom. The number of nitrogens with zero attached hydrogens (tertiary/aromatic N) is 1. The molecule has 2 amide bonds. The van der Waals surface area contributed by atoms with Crippen LogP contribution in [0.3, 0.4) is 0 Å². The maximum atomic E-state index is 11.5. The number of aromatic nitrogens is 1. The van der Waals surface area contributed by atoms with Crippen LogP contribution in [0.25, 0.3) is 0 Å². The van der Waals surface area contributed by atoms with Gasteiger partial charge in [-0.25, -0.2) is 9.78 Å². The third kappa shape index (κ3) is 3.20. The van der Waals surface area contributed by atoms with Crippen molar-refractivity contribution >= 4 is 17.4 Å². The Morgan fingerprint density at radius 1 is 1.44 bits per heavy atom. The van der Waals surface area contributed by atoms with Gasteiger partial charge in [0.05, 0.1) is 17.8 Å². The summed E-state index contributed by atoms with van der Waals surface area (Å²) in [6.07, 6.45) is 2.59. The van der Waals surface area contributed by atoms with E-state index in [2.05, 4.69) is 15.6 Å². The lowest BCUT2D eigenvalue weighted by atomic mass is 9.80. The monoisotopic (exact) mass is 269 g/mol. The molecule has 1 saturated carbocycles. The normalized spacial score (nSPS) is 17.1. The van der Waals surface area contributed by atoms with Crippen LogP contribution in [0.5, 0.6) is 0 Å². The fraction of sp³-hybridized carbons (Fsp3) is 0.667. The highest BCUT2D eigenvalue weighted by atomic mass is 32.1. The molecule has 3 N–H and O–H groups in total. The van der Waals surface area contributed by atoms with Crippen LogP contribution in [-0.4, -0.2) is 28.3 Å². The number of aryl methyl sites for hydroxylation is 2.